The van der Waals surface area contributed by atoms with Gasteiger partial charge in [-0.2, -0.15) is 0 Å². The quantitative estimate of drug-likeness (QED) is 0.590. The fourth-order valence-electron chi connectivity index (χ4n) is 1.63. The summed E-state index contributed by atoms with van der Waals surface area (Å²) in [4.78, 5) is 11.0. The molecule has 0 aromatic rings. The summed E-state index contributed by atoms with van der Waals surface area (Å²) in [7, 11) is 1.68. The number of carboxylic acids is 1. The van der Waals surface area contributed by atoms with Crippen LogP contribution in [0.1, 0.15) is 39.0 Å². The molecule has 0 aliphatic heterocycles. The Labute approximate surface area is 97.4 Å². The van der Waals surface area contributed by atoms with Crippen molar-refractivity contribution in [2.45, 2.75) is 44.6 Å². The number of ether oxygens (including phenoxy) is 1. The fourth-order valence-corrected chi connectivity index (χ4v) is 1.63. The maximum atomic E-state index is 11.0. The number of likely N-dealkylation sites (N-methyl/N-ethyl adjacent to an activating group) is 1. The zero-order valence-electron chi connectivity index (χ0n) is 10.3. The summed E-state index contributed by atoms with van der Waals surface area (Å²) in [6, 6.07) is 0. The van der Waals surface area contributed by atoms with Crippen LogP contribution in [0.15, 0.2) is 0 Å². The lowest BCUT2D eigenvalue weighted by atomic mass is 9.96. The van der Waals surface area contributed by atoms with Crippen molar-refractivity contribution in [3.63, 3.8) is 0 Å². The second kappa shape index (κ2) is 6.21. The predicted octanol–water partition coefficient (Wildman–Crippen LogP) is 1.65. The van der Waals surface area contributed by atoms with Gasteiger partial charge in [0.25, 0.3) is 0 Å². The maximum absolute atomic E-state index is 11.0. The Morgan fingerprint density at radius 1 is 1.50 bits per heavy atom. The summed E-state index contributed by atoms with van der Waals surface area (Å²) in [6.45, 7) is 3.20. The van der Waals surface area contributed by atoms with Crippen molar-refractivity contribution in [3.05, 3.63) is 0 Å². The molecule has 1 aliphatic carbocycles. The van der Waals surface area contributed by atoms with Gasteiger partial charge in [-0.05, 0) is 39.2 Å². The molecule has 2 N–H and O–H groups in total. The summed E-state index contributed by atoms with van der Waals surface area (Å²) in [5.41, 5.74) is -0.820. The molecule has 1 rings (SSSR count). The highest BCUT2D eigenvalue weighted by Gasteiger charge is 2.30. The first-order valence-electron chi connectivity index (χ1n) is 6.08. The Kier molecular flexibility index (Phi) is 5.22. The highest BCUT2D eigenvalue weighted by molar-refractivity contribution is 5.78. The van der Waals surface area contributed by atoms with E-state index in [2.05, 4.69) is 5.32 Å². The van der Waals surface area contributed by atoms with E-state index in [0.717, 1.165) is 18.9 Å². The number of hydrogen-bond acceptors (Lipinski definition) is 3. The second-order valence-electron chi connectivity index (χ2n) is 4.84. The van der Waals surface area contributed by atoms with Crippen molar-refractivity contribution < 1.29 is 14.6 Å². The first-order chi connectivity index (χ1) is 7.58. The molecule has 1 fully saturated rings. The van der Waals surface area contributed by atoms with Crippen LogP contribution in [0, 0.1) is 5.92 Å². The predicted molar refractivity (Wildman–Crippen MR) is 62.5 cm³/mol. The van der Waals surface area contributed by atoms with Gasteiger partial charge in [0, 0.05) is 13.2 Å². The Morgan fingerprint density at radius 2 is 2.19 bits per heavy atom. The summed E-state index contributed by atoms with van der Waals surface area (Å²) in [6.07, 6.45) is 5.28. The molecule has 94 valence electrons. The monoisotopic (exact) mass is 229 g/mol. The van der Waals surface area contributed by atoms with Gasteiger partial charge >= 0.3 is 5.97 Å². The molecule has 0 radical (unpaired) electrons. The average Bonchev–Trinajstić information content (AvgIpc) is 3.06. The number of rotatable bonds is 9. The molecule has 0 amide bonds. The van der Waals surface area contributed by atoms with Crippen molar-refractivity contribution in [2.75, 3.05) is 20.3 Å². The molecule has 1 aliphatic rings. The maximum Gasteiger partial charge on any atom is 0.323 e. The Morgan fingerprint density at radius 3 is 2.69 bits per heavy atom. The number of carboxylic acid groups (broad SMARTS) is 1. The second-order valence-corrected chi connectivity index (χ2v) is 4.84. The van der Waals surface area contributed by atoms with Gasteiger partial charge in [0.2, 0.25) is 0 Å². The van der Waals surface area contributed by atoms with Gasteiger partial charge in [-0.25, -0.2) is 0 Å². The van der Waals surface area contributed by atoms with Crippen molar-refractivity contribution in [2.24, 2.45) is 5.92 Å². The number of carbonyl (C=O) groups is 1. The van der Waals surface area contributed by atoms with E-state index in [1.807, 2.05) is 0 Å². The highest BCUT2D eigenvalue weighted by Crippen LogP contribution is 2.32. The molecule has 4 nitrogen and oxygen atoms in total. The Hall–Kier alpha value is -0.610. The molecule has 0 bridgehead atoms. The average molecular weight is 229 g/mol. The fraction of sp³-hybridized carbons (Fsp3) is 0.917. The summed E-state index contributed by atoms with van der Waals surface area (Å²) < 4.78 is 5.48. The van der Waals surface area contributed by atoms with Crippen molar-refractivity contribution in [1.29, 1.82) is 0 Å². The lowest BCUT2D eigenvalue weighted by Crippen LogP contribution is -2.47. The smallest absolute Gasteiger partial charge is 0.323 e. The lowest BCUT2D eigenvalue weighted by Gasteiger charge is -2.23. The SMILES string of the molecule is CNC(C)(CCCOCCC1CC1)C(=O)O. The van der Waals surface area contributed by atoms with Crippen molar-refractivity contribution >= 4 is 5.97 Å². The minimum Gasteiger partial charge on any atom is -0.480 e. The molecule has 4 heteroatoms. The van der Waals surface area contributed by atoms with E-state index in [1.54, 1.807) is 14.0 Å². The lowest BCUT2D eigenvalue weighted by molar-refractivity contribution is -0.144. The third kappa shape index (κ3) is 4.49. The molecule has 0 spiro atoms. The first kappa shape index (κ1) is 13.5. The van der Waals surface area contributed by atoms with Crippen LogP contribution < -0.4 is 5.32 Å². The van der Waals surface area contributed by atoms with E-state index < -0.39 is 11.5 Å². The molecular formula is C12H23NO3. The minimum absolute atomic E-state index is 0.599. The van der Waals surface area contributed by atoms with Gasteiger partial charge in [-0.1, -0.05) is 12.8 Å². The Bertz CT molecular complexity index is 228. The van der Waals surface area contributed by atoms with E-state index in [-0.39, 0.29) is 0 Å². The Balaban J connectivity index is 2.01. The van der Waals surface area contributed by atoms with Gasteiger partial charge in [-0.15, -0.1) is 0 Å². The zero-order valence-corrected chi connectivity index (χ0v) is 10.3. The molecule has 1 saturated carbocycles. The third-order valence-electron chi connectivity index (χ3n) is 3.36. The van der Waals surface area contributed by atoms with Crippen LogP contribution in [0.2, 0.25) is 0 Å². The number of aliphatic carboxylic acids is 1. The standard InChI is InChI=1S/C12H23NO3/c1-12(13-2,11(14)15)7-3-8-16-9-6-10-4-5-10/h10,13H,3-9H2,1-2H3,(H,14,15). The van der Waals surface area contributed by atoms with E-state index >= 15 is 0 Å². The van der Waals surface area contributed by atoms with Gasteiger partial charge in [0.05, 0.1) is 0 Å². The summed E-state index contributed by atoms with van der Waals surface area (Å²) in [5, 5.41) is 11.9. The molecule has 0 saturated heterocycles. The molecule has 0 heterocycles. The van der Waals surface area contributed by atoms with Gasteiger partial charge in [0.1, 0.15) is 5.54 Å². The molecule has 1 unspecified atom stereocenters. The third-order valence-corrected chi connectivity index (χ3v) is 3.36. The van der Waals surface area contributed by atoms with Crippen LogP contribution in [0.3, 0.4) is 0 Å². The normalized spacial score (nSPS) is 19.4. The first-order valence-corrected chi connectivity index (χ1v) is 6.08. The van der Waals surface area contributed by atoms with Gasteiger partial charge in [0.15, 0.2) is 0 Å². The molecule has 0 aromatic carbocycles. The van der Waals surface area contributed by atoms with Gasteiger partial charge < -0.3 is 15.2 Å². The van der Waals surface area contributed by atoms with Gasteiger partial charge in [-0.3, -0.25) is 4.79 Å². The van der Waals surface area contributed by atoms with Crippen LogP contribution in [0.5, 0.6) is 0 Å². The zero-order chi connectivity index (χ0) is 12.0. The van der Waals surface area contributed by atoms with Crippen LogP contribution in [-0.2, 0) is 9.53 Å². The number of hydrogen-bond donors (Lipinski definition) is 2. The molecule has 16 heavy (non-hydrogen) atoms. The van der Waals surface area contributed by atoms with E-state index in [9.17, 15) is 4.79 Å². The van der Waals surface area contributed by atoms with Crippen molar-refractivity contribution in [3.8, 4) is 0 Å². The minimum atomic E-state index is -0.820. The molecule has 1 atom stereocenters. The van der Waals surface area contributed by atoms with E-state index in [0.29, 0.717) is 13.0 Å². The summed E-state index contributed by atoms with van der Waals surface area (Å²) in [5.74, 6) is 0.106. The van der Waals surface area contributed by atoms with E-state index in [1.165, 1.54) is 19.3 Å². The van der Waals surface area contributed by atoms with Crippen LogP contribution in [0.25, 0.3) is 0 Å². The van der Waals surface area contributed by atoms with Crippen LogP contribution in [0.4, 0.5) is 0 Å². The summed E-state index contributed by atoms with van der Waals surface area (Å²) >= 11 is 0. The van der Waals surface area contributed by atoms with Crippen LogP contribution >= 0.6 is 0 Å². The largest absolute Gasteiger partial charge is 0.480 e. The van der Waals surface area contributed by atoms with Crippen LogP contribution in [-0.4, -0.2) is 36.9 Å². The molecular weight excluding hydrogens is 206 g/mol. The van der Waals surface area contributed by atoms with Crippen molar-refractivity contribution in [1.82, 2.24) is 5.32 Å². The molecule has 0 aromatic heterocycles. The van der Waals surface area contributed by atoms with E-state index in [4.69, 9.17) is 9.84 Å². The topological polar surface area (TPSA) is 58.6 Å². The highest BCUT2D eigenvalue weighted by atomic mass is 16.5. The number of nitrogens with one attached hydrogen (secondary N) is 1.